The number of rotatable bonds is 6. The minimum Gasteiger partial charge on any atom is -0.376 e. The van der Waals surface area contributed by atoms with Gasteiger partial charge >= 0.3 is 0 Å². The maximum atomic E-state index is 13.1. The first-order valence-electron chi connectivity index (χ1n) is 6.98. The summed E-state index contributed by atoms with van der Waals surface area (Å²) in [5.41, 5.74) is 2.39. The summed E-state index contributed by atoms with van der Waals surface area (Å²) in [6.45, 7) is -0.174. The van der Waals surface area contributed by atoms with Crippen LogP contribution in [0.25, 0.3) is 0 Å². The molecule has 0 aliphatic carbocycles. The van der Waals surface area contributed by atoms with Crippen LogP contribution in [0.15, 0.2) is 48.5 Å². The second-order valence-electron chi connectivity index (χ2n) is 4.89. The molecule has 8 heteroatoms. The van der Waals surface area contributed by atoms with Crippen LogP contribution >= 0.6 is 11.6 Å². The smallest absolute Gasteiger partial charge is 0.270 e. The number of hydrogen-bond acceptors (Lipinski definition) is 4. The average Bonchev–Trinajstić information content (AvgIpc) is 2.58. The van der Waals surface area contributed by atoms with Crippen molar-refractivity contribution in [1.29, 1.82) is 0 Å². The molecule has 0 aliphatic rings. The normalized spacial score (nSPS) is 11.5. The van der Waals surface area contributed by atoms with E-state index in [-0.39, 0.29) is 6.54 Å². The summed E-state index contributed by atoms with van der Waals surface area (Å²) in [5.74, 6) is -1.74. The van der Waals surface area contributed by atoms with Crippen molar-refractivity contribution in [3.63, 3.8) is 0 Å². The van der Waals surface area contributed by atoms with Gasteiger partial charge in [-0.1, -0.05) is 29.8 Å². The predicted octanol–water partition coefficient (Wildman–Crippen LogP) is 2.25. The van der Waals surface area contributed by atoms with E-state index in [2.05, 4.69) is 10.6 Å². The van der Waals surface area contributed by atoms with Crippen LogP contribution < -0.4 is 16.1 Å². The molecule has 24 heavy (non-hydrogen) atoms. The van der Waals surface area contributed by atoms with E-state index in [1.165, 1.54) is 23.7 Å². The highest BCUT2D eigenvalue weighted by molar-refractivity contribution is 6.30. The van der Waals surface area contributed by atoms with Gasteiger partial charge in [0.25, 0.3) is 5.91 Å². The molecular weight excluding hydrogens is 337 g/mol. The van der Waals surface area contributed by atoms with E-state index in [0.717, 1.165) is 0 Å². The topological polar surface area (TPSA) is 90.5 Å². The van der Waals surface area contributed by atoms with Gasteiger partial charge in [0.2, 0.25) is 5.91 Å². The molecule has 0 aliphatic heterocycles. The zero-order valence-electron chi connectivity index (χ0n) is 12.4. The number of amides is 2. The Kier molecular flexibility index (Phi) is 6.11. The Balaban J connectivity index is 2.02. The third-order valence-electron chi connectivity index (χ3n) is 3.16. The molecule has 1 unspecified atom stereocenters. The lowest BCUT2D eigenvalue weighted by Crippen LogP contribution is -2.41. The van der Waals surface area contributed by atoms with Gasteiger partial charge < -0.3 is 10.6 Å². The molecule has 0 heterocycles. The maximum Gasteiger partial charge on any atom is 0.270 e. The Labute approximate surface area is 142 Å². The van der Waals surface area contributed by atoms with Crippen molar-refractivity contribution < 1.29 is 19.2 Å². The molecule has 126 valence electrons. The van der Waals surface area contributed by atoms with Crippen molar-refractivity contribution in [3.8, 4) is 0 Å². The van der Waals surface area contributed by atoms with E-state index in [1.807, 2.05) is 0 Å². The number of carbonyl (C=O) groups is 2. The van der Waals surface area contributed by atoms with Crippen LogP contribution in [-0.4, -0.2) is 23.6 Å². The largest absolute Gasteiger partial charge is 0.376 e. The first-order chi connectivity index (χ1) is 11.5. The van der Waals surface area contributed by atoms with Crippen LogP contribution in [0.4, 0.5) is 10.1 Å². The Morgan fingerprint density at radius 3 is 2.50 bits per heavy atom. The van der Waals surface area contributed by atoms with Gasteiger partial charge in [-0.25, -0.2) is 9.87 Å². The fourth-order valence-electron chi connectivity index (χ4n) is 2.01. The summed E-state index contributed by atoms with van der Waals surface area (Å²) in [5, 5.41) is 14.5. The highest BCUT2D eigenvalue weighted by Crippen LogP contribution is 2.17. The number of halogens is 2. The summed E-state index contributed by atoms with van der Waals surface area (Å²) >= 11 is 5.79. The molecule has 0 fully saturated rings. The fourth-order valence-corrected chi connectivity index (χ4v) is 2.14. The zero-order chi connectivity index (χ0) is 17.5. The summed E-state index contributed by atoms with van der Waals surface area (Å²) in [7, 11) is 0. The van der Waals surface area contributed by atoms with E-state index in [4.69, 9.17) is 16.8 Å². The predicted molar refractivity (Wildman–Crippen MR) is 87.2 cm³/mol. The van der Waals surface area contributed by atoms with Crippen molar-refractivity contribution in [3.05, 3.63) is 64.9 Å². The van der Waals surface area contributed by atoms with E-state index in [0.29, 0.717) is 16.3 Å². The van der Waals surface area contributed by atoms with Gasteiger partial charge in [-0.05, 0) is 35.9 Å². The van der Waals surface area contributed by atoms with E-state index < -0.39 is 23.7 Å². The van der Waals surface area contributed by atoms with Crippen molar-refractivity contribution in [2.45, 2.75) is 6.04 Å². The summed E-state index contributed by atoms with van der Waals surface area (Å²) in [6, 6.07) is 10.8. The monoisotopic (exact) mass is 351 g/mol. The highest BCUT2D eigenvalue weighted by atomic mass is 35.5. The Hall–Kier alpha value is -2.64. The van der Waals surface area contributed by atoms with Crippen molar-refractivity contribution >= 4 is 29.1 Å². The molecule has 2 aromatic rings. The molecule has 0 bridgehead atoms. The zero-order valence-corrected chi connectivity index (χ0v) is 13.2. The Morgan fingerprint density at radius 1 is 1.17 bits per heavy atom. The molecule has 0 radical (unpaired) electrons. The summed E-state index contributed by atoms with van der Waals surface area (Å²) in [6.07, 6.45) is 0. The van der Waals surface area contributed by atoms with Gasteiger partial charge in [0.05, 0.1) is 6.54 Å². The minimum absolute atomic E-state index is 0.174. The lowest BCUT2D eigenvalue weighted by molar-refractivity contribution is -0.134. The molecule has 2 aromatic carbocycles. The van der Waals surface area contributed by atoms with Crippen LogP contribution in [0.1, 0.15) is 11.6 Å². The minimum atomic E-state index is -1.09. The van der Waals surface area contributed by atoms with Crippen LogP contribution in [0.2, 0.25) is 5.02 Å². The van der Waals surface area contributed by atoms with Gasteiger partial charge in [-0.15, -0.1) is 0 Å². The standard InChI is InChI=1S/C16H15ClFN3O3/c17-11-6-4-10(5-7-11)15(16(23)21-24)20-14(22)9-19-13-3-1-2-12(18)8-13/h1-8,15,19,24H,9H2,(H,20,22)(H,21,23). The first-order valence-corrected chi connectivity index (χ1v) is 7.35. The second kappa shape index (κ2) is 8.28. The van der Waals surface area contributed by atoms with Crippen LogP contribution in [0.5, 0.6) is 0 Å². The lowest BCUT2D eigenvalue weighted by atomic mass is 10.1. The van der Waals surface area contributed by atoms with E-state index >= 15 is 0 Å². The molecule has 2 rings (SSSR count). The highest BCUT2D eigenvalue weighted by Gasteiger charge is 2.22. The van der Waals surface area contributed by atoms with E-state index in [1.54, 1.807) is 30.3 Å². The van der Waals surface area contributed by atoms with Crippen molar-refractivity contribution in [2.75, 3.05) is 11.9 Å². The quantitative estimate of drug-likeness (QED) is 0.474. The Morgan fingerprint density at radius 2 is 1.88 bits per heavy atom. The van der Waals surface area contributed by atoms with Crippen LogP contribution in [-0.2, 0) is 9.59 Å². The Bertz CT molecular complexity index is 725. The molecular formula is C16H15ClFN3O3. The maximum absolute atomic E-state index is 13.1. The van der Waals surface area contributed by atoms with Crippen LogP contribution in [0.3, 0.4) is 0 Å². The molecule has 1 atom stereocenters. The van der Waals surface area contributed by atoms with Gasteiger partial charge in [-0.3, -0.25) is 14.8 Å². The number of hydroxylamine groups is 1. The number of benzene rings is 2. The molecule has 6 nitrogen and oxygen atoms in total. The number of nitrogens with one attached hydrogen (secondary N) is 3. The van der Waals surface area contributed by atoms with Gasteiger partial charge in [-0.2, -0.15) is 0 Å². The first kappa shape index (κ1) is 17.7. The fraction of sp³-hybridized carbons (Fsp3) is 0.125. The SMILES string of the molecule is O=C(CNc1cccc(F)c1)NC(C(=O)NO)c1ccc(Cl)cc1. The molecule has 0 saturated carbocycles. The number of carbonyl (C=O) groups excluding carboxylic acids is 2. The molecule has 2 amide bonds. The third-order valence-corrected chi connectivity index (χ3v) is 3.41. The average molecular weight is 352 g/mol. The molecule has 0 saturated heterocycles. The van der Waals surface area contributed by atoms with Gasteiger partial charge in [0, 0.05) is 10.7 Å². The molecule has 0 aromatic heterocycles. The van der Waals surface area contributed by atoms with Crippen molar-refractivity contribution in [1.82, 2.24) is 10.8 Å². The van der Waals surface area contributed by atoms with E-state index in [9.17, 15) is 14.0 Å². The summed E-state index contributed by atoms with van der Waals surface area (Å²) in [4.78, 5) is 23.8. The second-order valence-corrected chi connectivity index (χ2v) is 5.33. The third kappa shape index (κ3) is 4.94. The number of anilines is 1. The number of hydrogen-bond donors (Lipinski definition) is 4. The van der Waals surface area contributed by atoms with Crippen LogP contribution in [0, 0.1) is 5.82 Å². The van der Waals surface area contributed by atoms with Gasteiger partial charge in [0.15, 0.2) is 0 Å². The van der Waals surface area contributed by atoms with Crippen molar-refractivity contribution in [2.24, 2.45) is 0 Å². The molecule has 0 spiro atoms. The lowest BCUT2D eigenvalue weighted by Gasteiger charge is -2.17. The molecule has 4 N–H and O–H groups in total. The van der Waals surface area contributed by atoms with Gasteiger partial charge in [0.1, 0.15) is 11.9 Å². The summed E-state index contributed by atoms with van der Waals surface area (Å²) < 4.78 is 13.1.